The summed E-state index contributed by atoms with van der Waals surface area (Å²) in [6.07, 6.45) is 0. The molecule has 0 saturated heterocycles. The topological polar surface area (TPSA) is 16.4 Å². The second kappa shape index (κ2) is 11.4. The Bertz CT molecular complexity index is 3160. The van der Waals surface area contributed by atoms with Gasteiger partial charge >= 0.3 is 0 Å². The van der Waals surface area contributed by atoms with E-state index in [1.807, 2.05) is 6.07 Å². The quantitative estimate of drug-likeness (QED) is 0.182. The van der Waals surface area contributed by atoms with Gasteiger partial charge in [-0.25, -0.2) is 0 Å². The predicted molar refractivity (Wildman–Crippen MR) is 228 cm³/mol. The van der Waals surface area contributed by atoms with Crippen LogP contribution in [0.1, 0.15) is 22.3 Å². The number of anilines is 3. The van der Waals surface area contributed by atoms with Crippen LogP contribution in [0.5, 0.6) is 0 Å². The molecular formula is C53H33NO. The molecule has 0 aliphatic heterocycles. The number of rotatable bonds is 4. The summed E-state index contributed by atoms with van der Waals surface area (Å²) in [7, 11) is 0. The summed E-state index contributed by atoms with van der Waals surface area (Å²) in [6.45, 7) is 0. The van der Waals surface area contributed by atoms with Gasteiger partial charge in [-0.05, 0) is 115 Å². The molecule has 2 heteroatoms. The number of nitrogens with zero attached hydrogens (tertiary/aromatic N) is 1. The molecule has 2 nitrogen and oxygen atoms in total. The first kappa shape index (κ1) is 30.3. The molecule has 0 fully saturated rings. The minimum Gasteiger partial charge on any atom is -0.456 e. The van der Waals surface area contributed by atoms with Crippen molar-refractivity contribution in [3.05, 3.63) is 222 Å². The van der Waals surface area contributed by atoms with Gasteiger partial charge in [0.05, 0.1) is 16.5 Å². The van der Waals surface area contributed by atoms with Crippen LogP contribution in [0.2, 0.25) is 0 Å². The molecule has 1 atom stereocenters. The van der Waals surface area contributed by atoms with E-state index in [0.717, 1.165) is 39.0 Å². The lowest BCUT2D eigenvalue weighted by Gasteiger charge is -2.32. The van der Waals surface area contributed by atoms with Gasteiger partial charge in [-0.1, -0.05) is 152 Å². The van der Waals surface area contributed by atoms with Gasteiger partial charge in [-0.2, -0.15) is 0 Å². The Balaban J connectivity index is 1.17. The zero-order chi connectivity index (χ0) is 36.1. The van der Waals surface area contributed by atoms with Crippen molar-refractivity contribution in [2.45, 2.75) is 5.41 Å². The molecule has 10 aromatic rings. The highest BCUT2D eigenvalue weighted by Crippen LogP contribution is 2.64. The number of hydrogen-bond acceptors (Lipinski definition) is 2. The normalized spacial score (nSPS) is 15.0. The fourth-order valence-electron chi connectivity index (χ4n) is 9.76. The van der Waals surface area contributed by atoms with Crippen LogP contribution < -0.4 is 4.90 Å². The second-order valence-electron chi connectivity index (χ2n) is 14.8. The molecule has 1 heterocycles. The summed E-state index contributed by atoms with van der Waals surface area (Å²) in [4.78, 5) is 2.44. The maximum absolute atomic E-state index is 6.48. The largest absolute Gasteiger partial charge is 0.456 e. The molecule has 0 bridgehead atoms. The third-order valence-electron chi connectivity index (χ3n) is 12.1. The second-order valence-corrected chi connectivity index (χ2v) is 14.8. The Morgan fingerprint density at radius 2 is 0.964 bits per heavy atom. The van der Waals surface area contributed by atoms with Crippen LogP contribution >= 0.6 is 0 Å². The minimum absolute atomic E-state index is 0.498. The fraction of sp³-hybridized carbons (Fsp3) is 0.0189. The Morgan fingerprint density at radius 1 is 0.364 bits per heavy atom. The van der Waals surface area contributed by atoms with Crippen LogP contribution in [0.4, 0.5) is 17.1 Å². The summed E-state index contributed by atoms with van der Waals surface area (Å²) < 4.78 is 6.48. The number of furan rings is 1. The first-order chi connectivity index (χ1) is 27.3. The average Bonchev–Trinajstić information content (AvgIpc) is 3.88. The number of para-hydroxylation sites is 1. The highest BCUT2D eigenvalue weighted by molar-refractivity contribution is 6.13. The molecule has 55 heavy (non-hydrogen) atoms. The third-order valence-corrected chi connectivity index (χ3v) is 12.1. The van der Waals surface area contributed by atoms with Crippen LogP contribution in [0.25, 0.3) is 66.1 Å². The number of benzene rings is 9. The Morgan fingerprint density at radius 3 is 1.78 bits per heavy atom. The number of hydrogen-bond donors (Lipinski definition) is 0. The molecule has 12 rings (SSSR count). The number of fused-ring (bicyclic) bond motifs is 14. The van der Waals surface area contributed by atoms with Gasteiger partial charge < -0.3 is 9.32 Å². The van der Waals surface area contributed by atoms with Crippen LogP contribution in [0.3, 0.4) is 0 Å². The van der Waals surface area contributed by atoms with Gasteiger partial charge in [0.15, 0.2) is 0 Å². The van der Waals surface area contributed by atoms with E-state index < -0.39 is 5.41 Å². The van der Waals surface area contributed by atoms with E-state index in [-0.39, 0.29) is 0 Å². The molecule has 256 valence electrons. The maximum Gasteiger partial charge on any atom is 0.137 e. The lowest BCUT2D eigenvalue weighted by Crippen LogP contribution is -2.26. The zero-order valence-electron chi connectivity index (χ0n) is 29.9. The lowest BCUT2D eigenvalue weighted by molar-refractivity contribution is 0.669. The molecule has 0 saturated carbocycles. The van der Waals surface area contributed by atoms with E-state index >= 15 is 0 Å². The fourth-order valence-corrected chi connectivity index (χ4v) is 9.76. The van der Waals surface area contributed by atoms with E-state index in [4.69, 9.17) is 4.42 Å². The molecular weight excluding hydrogens is 667 g/mol. The zero-order valence-corrected chi connectivity index (χ0v) is 29.9. The predicted octanol–water partition coefficient (Wildman–Crippen LogP) is 14.2. The van der Waals surface area contributed by atoms with Crippen LogP contribution in [0, 0.1) is 0 Å². The highest BCUT2D eigenvalue weighted by Gasteiger charge is 2.52. The monoisotopic (exact) mass is 699 g/mol. The third kappa shape index (κ3) is 4.19. The molecule has 0 radical (unpaired) electrons. The maximum atomic E-state index is 6.48. The first-order valence-corrected chi connectivity index (χ1v) is 19.0. The van der Waals surface area contributed by atoms with E-state index in [2.05, 4.69) is 199 Å². The van der Waals surface area contributed by atoms with E-state index in [9.17, 15) is 0 Å². The first-order valence-electron chi connectivity index (χ1n) is 19.0. The molecule has 2 aliphatic rings. The molecule has 0 amide bonds. The van der Waals surface area contributed by atoms with Gasteiger partial charge in [0.1, 0.15) is 11.2 Å². The average molecular weight is 700 g/mol. The van der Waals surface area contributed by atoms with Gasteiger partial charge in [-0.15, -0.1) is 0 Å². The van der Waals surface area contributed by atoms with Gasteiger partial charge in [0.2, 0.25) is 0 Å². The van der Waals surface area contributed by atoms with E-state index in [0.29, 0.717) is 0 Å². The van der Waals surface area contributed by atoms with Crippen molar-refractivity contribution in [1.82, 2.24) is 0 Å². The Labute approximate surface area is 319 Å². The summed E-state index contributed by atoms with van der Waals surface area (Å²) in [5, 5.41) is 4.63. The molecule has 2 aliphatic carbocycles. The molecule has 1 aromatic heterocycles. The summed E-state index contributed by atoms with van der Waals surface area (Å²) in [6, 6.07) is 73.4. The van der Waals surface area contributed by atoms with Gasteiger partial charge in [0, 0.05) is 16.8 Å². The molecule has 1 unspecified atom stereocenters. The summed E-state index contributed by atoms with van der Waals surface area (Å²) in [5.74, 6) is 0. The Hall–Kier alpha value is -7.16. The summed E-state index contributed by atoms with van der Waals surface area (Å²) >= 11 is 0. The van der Waals surface area contributed by atoms with Gasteiger partial charge in [0.25, 0.3) is 0 Å². The van der Waals surface area contributed by atoms with E-state index in [1.165, 1.54) is 66.4 Å². The van der Waals surface area contributed by atoms with Crippen LogP contribution in [-0.2, 0) is 5.41 Å². The lowest BCUT2D eigenvalue weighted by atomic mass is 9.70. The van der Waals surface area contributed by atoms with Crippen LogP contribution in [0.15, 0.2) is 205 Å². The highest BCUT2D eigenvalue weighted by atomic mass is 16.3. The van der Waals surface area contributed by atoms with Crippen molar-refractivity contribution in [2.75, 3.05) is 4.90 Å². The van der Waals surface area contributed by atoms with Crippen LogP contribution in [-0.4, -0.2) is 0 Å². The van der Waals surface area contributed by atoms with E-state index in [1.54, 1.807) is 0 Å². The molecule has 1 spiro atoms. The van der Waals surface area contributed by atoms with Crippen molar-refractivity contribution >= 4 is 49.8 Å². The summed E-state index contributed by atoms with van der Waals surface area (Å²) in [5.41, 5.74) is 17.5. The smallest absolute Gasteiger partial charge is 0.137 e. The van der Waals surface area contributed by atoms with Crippen molar-refractivity contribution in [3.8, 4) is 33.4 Å². The van der Waals surface area contributed by atoms with Crippen molar-refractivity contribution in [3.63, 3.8) is 0 Å². The SMILES string of the molecule is c1ccc(-c2ccc3c(c2)C2(c4ccccc4-3)c3ccccc3-c3ccc(N(c4ccc5ccccc5c4)c4cccc5oc6ccccc6c45)cc32)cc1. The molecule has 9 aromatic carbocycles. The molecule has 0 N–H and O–H groups in total. The Kier molecular flexibility index (Phi) is 6.29. The van der Waals surface area contributed by atoms with Crippen molar-refractivity contribution in [2.24, 2.45) is 0 Å². The standard InChI is InChI=1S/C53H33NO/c1-2-13-34(14-3-1)37-26-29-42-40-17-6-9-20-45(40)53(47(42)32-37)46-21-10-7-18-41(46)43-30-28-39(33-48(43)53)54(38-27-25-35-15-4-5-16-36(35)31-38)49-22-12-24-51-52(49)44-19-8-11-23-50(44)55-51/h1-33H. The minimum atomic E-state index is -0.498. The van der Waals surface area contributed by atoms with Crippen molar-refractivity contribution in [1.29, 1.82) is 0 Å². The van der Waals surface area contributed by atoms with Crippen molar-refractivity contribution < 1.29 is 4.42 Å². The van der Waals surface area contributed by atoms with Gasteiger partial charge in [-0.3, -0.25) is 0 Å².